The third-order valence-electron chi connectivity index (χ3n) is 3.56. The number of carbonyl (C=O) groups excluding carboxylic acids is 1. The number of nitrogens with zero attached hydrogens (tertiary/aromatic N) is 3. The van der Waals surface area contributed by atoms with Gasteiger partial charge in [-0.2, -0.15) is 5.10 Å². The standard InChI is InChI=1S/C14H23N3O3/c1-4-20-14(18)9-13(17-5-7-19-8-6-17)12-10-16(3)15-11(12)2/h10,13H,4-9H2,1-3H3. The number of hydrogen-bond donors (Lipinski definition) is 0. The van der Waals surface area contributed by atoms with Crippen LogP contribution >= 0.6 is 0 Å². The van der Waals surface area contributed by atoms with Gasteiger partial charge in [0, 0.05) is 37.9 Å². The molecular weight excluding hydrogens is 258 g/mol. The van der Waals surface area contributed by atoms with Crippen molar-refractivity contribution in [1.29, 1.82) is 0 Å². The number of rotatable bonds is 5. The minimum Gasteiger partial charge on any atom is -0.466 e. The molecule has 0 amide bonds. The van der Waals surface area contributed by atoms with Crippen LogP contribution in [-0.2, 0) is 21.3 Å². The highest BCUT2D eigenvalue weighted by atomic mass is 16.5. The smallest absolute Gasteiger partial charge is 0.307 e. The Hall–Kier alpha value is -1.40. The number of hydrogen-bond acceptors (Lipinski definition) is 5. The monoisotopic (exact) mass is 281 g/mol. The fourth-order valence-corrected chi connectivity index (χ4v) is 2.65. The maximum Gasteiger partial charge on any atom is 0.307 e. The van der Waals surface area contributed by atoms with Crippen molar-refractivity contribution in [3.05, 3.63) is 17.5 Å². The maximum atomic E-state index is 11.9. The molecule has 0 radical (unpaired) electrons. The van der Waals surface area contributed by atoms with Gasteiger partial charge < -0.3 is 9.47 Å². The first kappa shape index (κ1) is 15.0. The summed E-state index contributed by atoms with van der Waals surface area (Å²) >= 11 is 0. The van der Waals surface area contributed by atoms with Crippen LogP contribution in [0.25, 0.3) is 0 Å². The van der Waals surface area contributed by atoms with E-state index in [2.05, 4.69) is 10.00 Å². The van der Waals surface area contributed by atoms with E-state index in [0.717, 1.165) is 24.3 Å². The van der Waals surface area contributed by atoms with Crippen LogP contribution in [0.1, 0.15) is 30.6 Å². The molecule has 0 aromatic carbocycles. The van der Waals surface area contributed by atoms with Crippen molar-refractivity contribution >= 4 is 5.97 Å². The highest BCUT2D eigenvalue weighted by Gasteiger charge is 2.28. The molecule has 6 heteroatoms. The molecule has 1 aromatic rings. The van der Waals surface area contributed by atoms with Gasteiger partial charge >= 0.3 is 5.97 Å². The molecular formula is C14H23N3O3. The average Bonchev–Trinajstić information content (AvgIpc) is 2.76. The lowest BCUT2D eigenvalue weighted by molar-refractivity contribution is -0.145. The second-order valence-corrected chi connectivity index (χ2v) is 5.02. The van der Waals surface area contributed by atoms with Crippen molar-refractivity contribution in [3.63, 3.8) is 0 Å². The molecule has 0 bridgehead atoms. The first-order valence-corrected chi connectivity index (χ1v) is 7.09. The largest absolute Gasteiger partial charge is 0.466 e. The number of aromatic nitrogens is 2. The Bertz CT molecular complexity index is 453. The zero-order valence-electron chi connectivity index (χ0n) is 12.5. The normalized spacial score (nSPS) is 17.9. The second-order valence-electron chi connectivity index (χ2n) is 5.02. The summed E-state index contributed by atoms with van der Waals surface area (Å²) in [4.78, 5) is 14.2. The summed E-state index contributed by atoms with van der Waals surface area (Å²) in [5.74, 6) is -0.160. The Balaban J connectivity index is 2.18. The van der Waals surface area contributed by atoms with Crippen molar-refractivity contribution in [3.8, 4) is 0 Å². The summed E-state index contributed by atoms with van der Waals surface area (Å²) in [6.45, 7) is 7.31. The molecule has 112 valence electrons. The quantitative estimate of drug-likeness (QED) is 0.755. The van der Waals surface area contributed by atoms with E-state index in [1.54, 1.807) is 4.68 Å². The van der Waals surface area contributed by atoms with Crippen molar-refractivity contribution in [2.24, 2.45) is 7.05 Å². The molecule has 2 heterocycles. The Morgan fingerprint density at radius 3 is 2.75 bits per heavy atom. The van der Waals surface area contributed by atoms with E-state index in [0.29, 0.717) is 26.2 Å². The molecule has 1 aliphatic heterocycles. The van der Waals surface area contributed by atoms with Gasteiger partial charge in [0.15, 0.2) is 0 Å². The summed E-state index contributed by atoms with van der Waals surface area (Å²) in [5, 5.41) is 4.39. The summed E-state index contributed by atoms with van der Waals surface area (Å²) in [5.41, 5.74) is 2.07. The van der Waals surface area contributed by atoms with Gasteiger partial charge in [0.25, 0.3) is 0 Å². The maximum absolute atomic E-state index is 11.9. The van der Waals surface area contributed by atoms with E-state index in [1.165, 1.54) is 0 Å². The van der Waals surface area contributed by atoms with Gasteiger partial charge in [-0.25, -0.2) is 0 Å². The third kappa shape index (κ3) is 3.58. The summed E-state index contributed by atoms with van der Waals surface area (Å²) in [6.07, 6.45) is 2.36. The molecule has 0 spiro atoms. The lowest BCUT2D eigenvalue weighted by Gasteiger charge is -2.33. The molecule has 0 aliphatic carbocycles. The third-order valence-corrected chi connectivity index (χ3v) is 3.56. The second kappa shape index (κ2) is 6.85. The fraction of sp³-hybridized carbons (Fsp3) is 0.714. The summed E-state index contributed by atoms with van der Waals surface area (Å²) in [7, 11) is 1.90. The number of ether oxygens (including phenoxy) is 2. The van der Waals surface area contributed by atoms with E-state index >= 15 is 0 Å². The molecule has 0 N–H and O–H groups in total. The van der Waals surface area contributed by atoms with E-state index in [-0.39, 0.29) is 12.0 Å². The molecule has 20 heavy (non-hydrogen) atoms. The van der Waals surface area contributed by atoms with Gasteiger partial charge in [-0.15, -0.1) is 0 Å². The van der Waals surface area contributed by atoms with Crippen LogP contribution in [-0.4, -0.2) is 53.6 Å². The molecule has 1 aliphatic rings. The SMILES string of the molecule is CCOC(=O)CC(c1cn(C)nc1C)N1CCOCC1. The van der Waals surface area contributed by atoms with Crippen molar-refractivity contribution in [1.82, 2.24) is 14.7 Å². The Kier molecular flexibility index (Phi) is 5.14. The van der Waals surface area contributed by atoms with Crippen LogP contribution in [0.3, 0.4) is 0 Å². The molecule has 6 nitrogen and oxygen atoms in total. The van der Waals surface area contributed by atoms with Gasteiger partial charge in [-0.1, -0.05) is 0 Å². The highest BCUT2D eigenvalue weighted by Crippen LogP contribution is 2.27. The lowest BCUT2D eigenvalue weighted by Crippen LogP contribution is -2.40. The lowest BCUT2D eigenvalue weighted by atomic mass is 10.0. The van der Waals surface area contributed by atoms with Crippen LogP contribution in [0.5, 0.6) is 0 Å². The molecule has 0 saturated carbocycles. The van der Waals surface area contributed by atoms with Gasteiger partial charge in [0.1, 0.15) is 0 Å². The molecule has 1 fully saturated rings. The first-order valence-electron chi connectivity index (χ1n) is 7.09. The number of esters is 1. The summed E-state index contributed by atoms with van der Waals surface area (Å²) in [6, 6.07) is 0.0200. The average molecular weight is 281 g/mol. The Morgan fingerprint density at radius 2 is 2.20 bits per heavy atom. The minimum atomic E-state index is -0.160. The highest BCUT2D eigenvalue weighted by molar-refractivity contribution is 5.70. The van der Waals surface area contributed by atoms with Crippen molar-refractivity contribution in [2.45, 2.75) is 26.3 Å². The van der Waals surface area contributed by atoms with Gasteiger partial charge in [0.2, 0.25) is 0 Å². The van der Waals surface area contributed by atoms with Gasteiger partial charge in [-0.3, -0.25) is 14.4 Å². The van der Waals surface area contributed by atoms with Crippen LogP contribution < -0.4 is 0 Å². The van der Waals surface area contributed by atoms with Crippen LogP contribution in [0.2, 0.25) is 0 Å². The molecule has 1 unspecified atom stereocenters. The summed E-state index contributed by atoms with van der Waals surface area (Å²) < 4.78 is 12.3. The van der Waals surface area contributed by atoms with Crippen LogP contribution in [0, 0.1) is 6.92 Å². The van der Waals surface area contributed by atoms with Gasteiger partial charge in [-0.05, 0) is 13.8 Å². The molecule has 2 rings (SSSR count). The molecule has 1 saturated heterocycles. The Morgan fingerprint density at radius 1 is 1.50 bits per heavy atom. The van der Waals surface area contributed by atoms with Crippen LogP contribution in [0.4, 0.5) is 0 Å². The zero-order chi connectivity index (χ0) is 14.5. The Labute approximate surface area is 119 Å². The predicted octanol–water partition coefficient (Wildman–Crippen LogP) is 1.06. The van der Waals surface area contributed by atoms with Gasteiger partial charge in [0.05, 0.1) is 31.9 Å². The van der Waals surface area contributed by atoms with E-state index < -0.39 is 0 Å². The first-order chi connectivity index (χ1) is 9.61. The fourth-order valence-electron chi connectivity index (χ4n) is 2.65. The predicted molar refractivity (Wildman–Crippen MR) is 74.3 cm³/mol. The molecule has 1 aromatic heterocycles. The minimum absolute atomic E-state index is 0.0200. The zero-order valence-corrected chi connectivity index (χ0v) is 12.5. The van der Waals surface area contributed by atoms with E-state index in [1.807, 2.05) is 27.1 Å². The van der Waals surface area contributed by atoms with Crippen LogP contribution in [0.15, 0.2) is 6.20 Å². The van der Waals surface area contributed by atoms with Crippen molar-refractivity contribution < 1.29 is 14.3 Å². The van der Waals surface area contributed by atoms with Crippen molar-refractivity contribution in [2.75, 3.05) is 32.9 Å². The number of carbonyl (C=O) groups is 1. The number of morpholine rings is 1. The molecule has 1 atom stereocenters. The van der Waals surface area contributed by atoms with E-state index in [4.69, 9.17) is 9.47 Å². The van der Waals surface area contributed by atoms with E-state index in [9.17, 15) is 4.79 Å². The number of aryl methyl sites for hydroxylation is 2. The topological polar surface area (TPSA) is 56.6 Å².